The molecule has 1 heterocycles. The standard InChI is InChI=1S/C17H18N2O3/c1-12-3-2-4-13(9-12)11-18-17(20)19-14-5-6-15-16(10-14)22-8-7-21-15/h2-6,9-10H,7-8,11H2,1H3,(H2,18,19,20). The first-order chi connectivity index (χ1) is 10.7. The van der Waals surface area contributed by atoms with Gasteiger partial charge >= 0.3 is 6.03 Å². The SMILES string of the molecule is Cc1cccc(CNC(=O)Nc2ccc3c(c2)OCCO3)c1. The van der Waals surface area contributed by atoms with Crippen LogP contribution in [0.4, 0.5) is 10.5 Å². The smallest absolute Gasteiger partial charge is 0.319 e. The van der Waals surface area contributed by atoms with Crippen molar-refractivity contribution < 1.29 is 14.3 Å². The number of aryl methyl sites for hydroxylation is 1. The van der Waals surface area contributed by atoms with Gasteiger partial charge in [-0.15, -0.1) is 0 Å². The van der Waals surface area contributed by atoms with Gasteiger partial charge in [-0.1, -0.05) is 29.8 Å². The van der Waals surface area contributed by atoms with E-state index in [1.807, 2.05) is 31.2 Å². The number of carbonyl (C=O) groups excluding carboxylic acids is 1. The van der Waals surface area contributed by atoms with Gasteiger partial charge in [0.2, 0.25) is 0 Å². The van der Waals surface area contributed by atoms with Crippen molar-refractivity contribution in [1.29, 1.82) is 0 Å². The molecule has 0 aliphatic carbocycles. The molecule has 1 aliphatic rings. The highest BCUT2D eigenvalue weighted by molar-refractivity contribution is 5.89. The van der Waals surface area contributed by atoms with Crippen molar-refractivity contribution in [3.05, 3.63) is 53.6 Å². The van der Waals surface area contributed by atoms with Crippen LogP contribution in [0.3, 0.4) is 0 Å². The minimum atomic E-state index is -0.252. The lowest BCUT2D eigenvalue weighted by atomic mass is 10.1. The number of carbonyl (C=O) groups is 1. The van der Waals surface area contributed by atoms with E-state index in [9.17, 15) is 4.79 Å². The molecule has 5 nitrogen and oxygen atoms in total. The van der Waals surface area contributed by atoms with Crippen molar-refractivity contribution in [2.45, 2.75) is 13.5 Å². The Morgan fingerprint density at radius 3 is 2.73 bits per heavy atom. The maximum Gasteiger partial charge on any atom is 0.319 e. The molecule has 0 bridgehead atoms. The first-order valence-corrected chi connectivity index (χ1v) is 7.21. The van der Waals surface area contributed by atoms with E-state index in [-0.39, 0.29) is 6.03 Å². The monoisotopic (exact) mass is 298 g/mol. The van der Waals surface area contributed by atoms with Crippen LogP contribution in [0.15, 0.2) is 42.5 Å². The largest absolute Gasteiger partial charge is 0.486 e. The Morgan fingerprint density at radius 2 is 1.91 bits per heavy atom. The number of urea groups is 1. The third kappa shape index (κ3) is 3.49. The van der Waals surface area contributed by atoms with Crippen molar-refractivity contribution in [2.75, 3.05) is 18.5 Å². The second-order valence-corrected chi connectivity index (χ2v) is 5.16. The van der Waals surface area contributed by atoms with Gasteiger partial charge in [0.25, 0.3) is 0 Å². The first-order valence-electron chi connectivity index (χ1n) is 7.21. The summed E-state index contributed by atoms with van der Waals surface area (Å²) in [6.45, 7) is 3.59. The van der Waals surface area contributed by atoms with E-state index in [1.54, 1.807) is 18.2 Å². The lowest BCUT2D eigenvalue weighted by molar-refractivity contribution is 0.171. The number of ether oxygens (including phenoxy) is 2. The molecule has 0 radical (unpaired) electrons. The van der Waals surface area contributed by atoms with Gasteiger partial charge in [-0.25, -0.2) is 4.79 Å². The number of amides is 2. The topological polar surface area (TPSA) is 59.6 Å². The number of fused-ring (bicyclic) bond motifs is 1. The zero-order valence-electron chi connectivity index (χ0n) is 12.4. The van der Waals surface area contributed by atoms with Gasteiger partial charge in [-0.2, -0.15) is 0 Å². The Kier molecular flexibility index (Phi) is 4.14. The molecular formula is C17H18N2O3. The molecule has 0 saturated heterocycles. The van der Waals surface area contributed by atoms with E-state index < -0.39 is 0 Å². The number of benzene rings is 2. The van der Waals surface area contributed by atoms with Crippen molar-refractivity contribution in [3.63, 3.8) is 0 Å². The van der Waals surface area contributed by atoms with Crippen molar-refractivity contribution in [2.24, 2.45) is 0 Å². The highest BCUT2D eigenvalue weighted by atomic mass is 16.6. The molecule has 22 heavy (non-hydrogen) atoms. The Labute approximate surface area is 129 Å². The average Bonchev–Trinajstić information content (AvgIpc) is 2.53. The zero-order valence-corrected chi connectivity index (χ0v) is 12.4. The van der Waals surface area contributed by atoms with Gasteiger partial charge < -0.3 is 20.1 Å². The zero-order chi connectivity index (χ0) is 15.4. The summed E-state index contributed by atoms with van der Waals surface area (Å²) >= 11 is 0. The molecule has 0 atom stereocenters. The highest BCUT2D eigenvalue weighted by Gasteiger charge is 2.12. The Bertz CT molecular complexity index is 685. The van der Waals surface area contributed by atoms with E-state index in [0.717, 1.165) is 5.56 Å². The number of anilines is 1. The Hall–Kier alpha value is -2.69. The summed E-state index contributed by atoms with van der Waals surface area (Å²) in [6.07, 6.45) is 0. The quantitative estimate of drug-likeness (QED) is 0.915. The molecule has 1 aliphatic heterocycles. The molecular weight excluding hydrogens is 280 g/mol. The molecule has 0 spiro atoms. The number of hydrogen-bond donors (Lipinski definition) is 2. The fourth-order valence-corrected chi connectivity index (χ4v) is 2.30. The predicted molar refractivity (Wildman–Crippen MR) is 84.5 cm³/mol. The maximum absolute atomic E-state index is 11.9. The molecule has 114 valence electrons. The minimum Gasteiger partial charge on any atom is -0.486 e. The summed E-state index contributed by atoms with van der Waals surface area (Å²) in [5.74, 6) is 1.36. The van der Waals surface area contributed by atoms with E-state index in [2.05, 4.69) is 10.6 Å². The van der Waals surface area contributed by atoms with Crippen LogP contribution in [0, 0.1) is 6.92 Å². The molecule has 5 heteroatoms. The molecule has 2 amide bonds. The van der Waals surface area contributed by atoms with Gasteiger partial charge in [0.1, 0.15) is 13.2 Å². The van der Waals surface area contributed by atoms with E-state index in [4.69, 9.17) is 9.47 Å². The second kappa shape index (κ2) is 6.39. The maximum atomic E-state index is 11.9. The van der Waals surface area contributed by atoms with E-state index in [0.29, 0.717) is 36.9 Å². The molecule has 0 fully saturated rings. The molecule has 2 aromatic carbocycles. The molecule has 2 aromatic rings. The van der Waals surface area contributed by atoms with Gasteiger partial charge in [0, 0.05) is 18.3 Å². The number of rotatable bonds is 3. The first kappa shape index (κ1) is 14.3. The Morgan fingerprint density at radius 1 is 1.09 bits per heavy atom. The molecule has 0 saturated carbocycles. The van der Waals surface area contributed by atoms with Crippen LogP contribution >= 0.6 is 0 Å². The third-order valence-corrected chi connectivity index (χ3v) is 3.34. The lowest BCUT2D eigenvalue weighted by Gasteiger charge is -2.19. The van der Waals surface area contributed by atoms with Crippen molar-refractivity contribution in [1.82, 2.24) is 5.32 Å². The van der Waals surface area contributed by atoms with Crippen LogP contribution in [-0.2, 0) is 6.54 Å². The molecule has 0 aromatic heterocycles. The van der Waals surface area contributed by atoms with E-state index >= 15 is 0 Å². The summed E-state index contributed by atoms with van der Waals surface area (Å²) in [7, 11) is 0. The third-order valence-electron chi connectivity index (χ3n) is 3.34. The lowest BCUT2D eigenvalue weighted by Crippen LogP contribution is -2.28. The normalized spacial score (nSPS) is 12.6. The highest BCUT2D eigenvalue weighted by Crippen LogP contribution is 2.32. The molecule has 2 N–H and O–H groups in total. The van der Waals surface area contributed by atoms with Crippen LogP contribution < -0.4 is 20.1 Å². The van der Waals surface area contributed by atoms with E-state index in [1.165, 1.54) is 5.56 Å². The van der Waals surface area contributed by atoms with Gasteiger partial charge in [0.05, 0.1) is 0 Å². The van der Waals surface area contributed by atoms with Crippen molar-refractivity contribution in [3.8, 4) is 11.5 Å². The van der Waals surface area contributed by atoms with Gasteiger partial charge in [0.15, 0.2) is 11.5 Å². The summed E-state index contributed by atoms with van der Waals surface area (Å²) < 4.78 is 10.9. The second-order valence-electron chi connectivity index (χ2n) is 5.16. The summed E-state index contributed by atoms with van der Waals surface area (Å²) in [4.78, 5) is 11.9. The molecule has 0 unspecified atom stereocenters. The summed E-state index contributed by atoms with van der Waals surface area (Å²) in [6, 6.07) is 13.1. The van der Waals surface area contributed by atoms with Crippen LogP contribution in [0.2, 0.25) is 0 Å². The fourth-order valence-electron chi connectivity index (χ4n) is 2.30. The number of hydrogen-bond acceptors (Lipinski definition) is 3. The van der Waals surface area contributed by atoms with Crippen molar-refractivity contribution >= 4 is 11.7 Å². The predicted octanol–water partition coefficient (Wildman–Crippen LogP) is 3.09. The minimum absolute atomic E-state index is 0.252. The fraction of sp³-hybridized carbons (Fsp3) is 0.235. The average molecular weight is 298 g/mol. The summed E-state index contributed by atoms with van der Waals surface area (Å²) in [5, 5.41) is 5.62. The molecule has 3 rings (SSSR count). The van der Waals surface area contributed by atoms with Gasteiger partial charge in [-0.05, 0) is 24.6 Å². The van der Waals surface area contributed by atoms with Crippen LogP contribution in [0.25, 0.3) is 0 Å². The van der Waals surface area contributed by atoms with Crippen LogP contribution in [0.1, 0.15) is 11.1 Å². The van der Waals surface area contributed by atoms with Crippen LogP contribution in [0.5, 0.6) is 11.5 Å². The Balaban J connectivity index is 1.57. The van der Waals surface area contributed by atoms with Gasteiger partial charge in [-0.3, -0.25) is 0 Å². The summed E-state index contributed by atoms with van der Waals surface area (Å²) in [5.41, 5.74) is 2.91. The number of nitrogens with one attached hydrogen (secondary N) is 2. The van der Waals surface area contributed by atoms with Crippen LogP contribution in [-0.4, -0.2) is 19.2 Å².